The summed E-state index contributed by atoms with van der Waals surface area (Å²) in [5.41, 5.74) is 2.49. The molecule has 0 fully saturated rings. The minimum absolute atomic E-state index is 0.0491. The van der Waals surface area contributed by atoms with Crippen LogP contribution in [0.1, 0.15) is 37.0 Å². The topological polar surface area (TPSA) is 133 Å². The molecule has 0 aliphatic carbocycles. The van der Waals surface area contributed by atoms with Crippen molar-refractivity contribution >= 4 is 21.4 Å². The molecule has 0 aliphatic heterocycles. The number of nitrogens with zero attached hydrogens (tertiary/aromatic N) is 6. The predicted molar refractivity (Wildman–Crippen MR) is 124 cm³/mol. The number of hydrogen-bond donors (Lipinski definition) is 1. The van der Waals surface area contributed by atoms with Crippen LogP contribution in [0.4, 0.5) is 0 Å². The van der Waals surface area contributed by atoms with E-state index in [0.717, 1.165) is 0 Å². The van der Waals surface area contributed by atoms with Gasteiger partial charge in [0.25, 0.3) is 5.91 Å². The lowest BCUT2D eigenvalue weighted by Gasteiger charge is -2.21. The minimum atomic E-state index is -3.71. The van der Waals surface area contributed by atoms with Crippen LogP contribution in [0, 0.1) is 0 Å². The number of aromatic nitrogens is 6. The molecule has 4 heterocycles. The van der Waals surface area contributed by atoms with E-state index in [1.54, 1.807) is 62.8 Å². The Balaban J connectivity index is 1.72. The number of carbonyl (C=O) groups is 1. The third-order valence-electron chi connectivity index (χ3n) is 5.34. The maximum atomic E-state index is 13.2. The predicted octanol–water partition coefficient (Wildman–Crippen LogP) is 2.04. The second-order valence-electron chi connectivity index (χ2n) is 8.62. The maximum Gasteiger partial charge on any atom is 0.269 e. The Labute approximate surface area is 196 Å². The molecule has 0 atom stereocenters. The average Bonchev–Trinajstić information content (AvgIpc) is 3.39. The molecule has 0 spiro atoms. The molecule has 0 aromatic carbocycles. The number of fused-ring (bicyclic) bond motifs is 1. The van der Waals surface area contributed by atoms with E-state index in [1.807, 2.05) is 0 Å². The van der Waals surface area contributed by atoms with Gasteiger partial charge in [-0.15, -0.1) is 0 Å². The van der Waals surface area contributed by atoms with Gasteiger partial charge in [-0.05, 0) is 32.9 Å². The first-order valence-electron chi connectivity index (χ1n) is 10.4. The van der Waals surface area contributed by atoms with Crippen molar-refractivity contribution in [3.8, 4) is 17.1 Å². The molecule has 0 aliphatic rings. The number of nitrogens with one attached hydrogen (secondary N) is 1. The van der Waals surface area contributed by atoms with Gasteiger partial charge in [-0.25, -0.2) is 23.4 Å². The first-order valence-corrected chi connectivity index (χ1v) is 11.9. The van der Waals surface area contributed by atoms with E-state index >= 15 is 0 Å². The zero-order valence-corrected chi connectivity index (χ0v) is 20.3. The maximum absolute atomic E-state index is 13.2. The van der Waals surface area contributed by atoms with Crippen LogP contribution in [0.3, 0.4) is 0 Å². The summed E-state index contributed by atoms with van der Waals surface area (Å²) < 4.78 is 33.8. The van der Waals surface area contributed by atoms with E-state index < -0.39 is 14.6 Å². The lowest BCUT2D eigenvalue weighted by Crippen LogP contribution is -2.28. The van der Waals surface area contributed by atoms with E-state index in [1.165, 1.54) is 24.3 Å². The van der Waals surface area contributed by atoms with E-state index in [-0.39, 0.29) is 23.1 Å². The van der Waals surface area contributed by atoms with Gasteiger partial charge in [-0.1, -0.05) is 0 Å². The molecule has 178 valence electrons. The number of rotatable bonds is 6. The van der Waals surface area contributed by atoms with Gasteiger partial charge in [0.15, 0.2) is 9.84 Å². The van der Waals surface area contributed by atoms with Crippen molar-refractivity contribution in [2.75, 3.05) is 7.11 Å². The SMILES string of the molecule is COc1cc2ncc(-c3cc(C(=O)NCc4ccncn4)n(C)n3)n2cc1S(=O)(=O)C(C)(C)C. The van der Waals surface area contributed by atoms with Crippen LogP contribution in [0.5, 0.6) is 5.75 Å². The van der Waals surface area contributed by atoms with E-state index in [9.17, 15) is 13.2 Å². The second kappa shape index (κ2) is 8.52. The Morgan fingerprint density at radius 3 is 2.62 bits per heavy atom. The molecule has 1 amide bonds. The van der Waals surface area contributed by atoms with Gasteiger partial charge >= 0.3 is 0 Å². The van der Waals surface area contributed by atoms with E-state index in [2.05, 4.69) is 25.4 Å². The van der Waals surface area contributed by atoms with Gasteiger partial charge in [0.1, 0.15) is 34.0 Å². The van der Waals surface area contributed by atoms with Crippen LogP contribution < -0.4 is 10.1 Å². The summed E-state index contributed by atoms with van der Waals surface area (Å²) in [6, 6.07) is 4.91. The Kier molecular flexibility index (Phi) is 5.86. The summed E-state index contributed by atoms with van der Waals surface area (Å²) in [5, 5.41) is 7.26. The smallest absolute Gasteiger partial charge is 0.269 e. The number of sulfone groups is 1. The van der Waals surface area contributed by atoms with E-state index in [0.29, 0.717) is 28.4 Å². The zero-order valence-electron chi connectivity index (χ0n) is 19.5. The first-order chi connectivity index (χ1) is 16.0. The molecule has 4 aromatic heterocycles. The van der Waals surface area contributed by atoms with Gasteiger partial charge < -0.3 is 10.1 Å². The van der Waals surface area contributed by atoms with Crippen molar-refractivity contribution in [2.45, 2.75) is 37.0 Å². The average molecular weight is 484 g/mol. The molecule has 0 radical (unpaired) electrons. The van der Waals surface area contributed by atoms with Gasteiger partial charge in [0.2, 0.25) is 0 Å². The molecule has 11 nitrogen and oxygen atoms in total. The largest absolute Gasteiger partial charge is 0.495 e. The second-order valence-corrected chi connectivity index (χ2v) is 11.3. The quantitative estimate of drug-likeness (QED) is 0.440. The van der Waals surface area contributed by atoms with Crippen molar-refractivity contribution in [3.63, 3.8) is 0 Å². The summed E-state index contributed by atoms with van der Waals surface area (Å²) in [7, 11) is -0.635. The highest BCUT2D eigenvalue weighted by atomic mass is 32.2. The van der Waals surface area contributed by atoms with Crippen molar-refractivity contribution < 1.29 is 17.9 Å². The monoisotopic (exact) mass is 483 g/mol. The molecule has 0 unspecified atom stereocenters. The first kappa shape index (κ1) is 23.4. The van der Waals surface area contributed by atoms with Crippen LogP contribution >= 0.6 is 0 Å². The van der Waals surface area contributed by atoms with E-state index in [4.69, 9.17) is 4.74 Å². The molecule has 1 N–H and O–H groups in total. The Bertz CT molecular complexity index is 1470. The number of ether oxygens (including phenoxy) is 1. The number of carbonyl (C=O) groups excluding carboxylic acids is 1. The number of methoxy groups -OCH3 is 1. The van der Waals surface area contributed by atoms with Crippen molar-refractivity contribution in [1.82, 2.24) is 34.4 Å². The number of imidazole rings is 1. The highest BCUT2D eigenvalue weighted by Crippen LogP contribution is 2.34. The zero-order chi connectivity index (χ0) is 24.7. The lowest BCUT2D eigenvalue weighted by atomic mass is 10.2. The molecule has 12 heteroatoms. The van der Waals surface area contributed by atoms with Crippen LogP contribution in [0.15, 0.2) is 48.0 Å². The Hall–Kier alpha value is -3.80. The molecule has 4 rings (SSSR count). The van der Waals surface area contributed by atoms with Crippen molar-refractivity contribution in [3.05, 3.63) is 54.5 Å². The normalized spacial score (nSPS) is 12.1. The standard InChI is InChI=1S/C22H25N7O4S/c1-22(2,3)34(31,32)19-12-29-17(11-24-20(29)9-18(19)33-5)15-8-16(28(4)27-15)21(30)25-10-14-6-7-23-13-26-14/h6-9,11-13H,10H2,1-5H3,(H,25,30). The van der Waals surface area contributed by atoms with Gasteiger partial charge in [0, 0.05) is 25.5 Å². The highest BCUT2D eigenvalue weighted by molar-refractivity contribution is 7.92. The number of aryl methyl sites for hydroxylation is 1. The third kappa shape index (κ3) is 4.12. The fourth-order valence-electron chi connectivity index (χ4n) is 3.36. The third-order valence-corrected chi connectivity index (χ3v) is 7.84. The Morgan fingerprint density at radius 2 is 1.97 bits per heavy atom. The molecule has 0 saturated carbocycles. The molecule has 34 heavy (non-hydrogen) atoms. The molecule has 0 saturated heterocycles. The highest BCUT2D eigenvalue weighted by Gasteiger charge is 2.34. The van der Waals surface area contributed by atoms with Gasteiger partial charge in [0.05, 0.1) is 36.0 Å². The number of hydrogen-bond acceptors (Lipinski definition) is 8. The summed E-state index contributed by atoms with van der Waals surface area (Å²) in [6.45, 7) is 5.13. The van der Waals surface area contributed by atoms with Crippen molar-refractivity contribution in [2.24, 2.45) is 7.05 Å². The van der Waals surface area contributed by atoms with Crippen molar-refractivity contribution in [1.29, 1.82) is 0 Å². The van der Waals surface area contributed by atoms with Crippen LogP contribution in [0.2, 0.25) is 0 Å². The van der Waals surface area contributed by atoms with Gasteiger partial charge in [-0.3, -0.25) is 13.9 Å². The Morgan fingerprint density at radius 1 is 1.21 bits per heavy atom. The summed E-state index contributed by atoms with van der Waals surface area (Å²) in [6.07, 6.45) is 6.08. The summed E-state index contributed by atoms with van der Waals surface area (Å²) in [5.74, 6) is -0.114. The molecule has 0 bridgehead atoms. The summed E-state index contributed by atoms with van der Waals surface area (Å²) in [4.78, 5) is 25.1. The summed E-state index contributed by atoms with van der Waals surface area (Å²) >= 11 is 0. The molecular weight excluding hydrogens is 458 g/mol. The fraction of sp³-hybridized carbons (Fsp3) is 0.318. The fourth-order valence-corrected chi connectivity index (χ4v) is 4.67. The lowest BCUT2D eigenvalue weighted by molar-refractivity contribution is 0.0941. The van der Waals surface area contributed by atoms with Crippen LogP contribution in [-0.4, -0.2) is 55.3 Å². The van der Waals surface area contributed by atoms with Crippen LogP contribution in [0.25, 0.3) is 17.0 Å². The molecular formula is C22H25N7O4S. The molecule has 4 aromatic rings. The van der Waals surface area contributed by atoms with Crippen LogP contribution in [-0.2, 0) is 23.4 Å². The van der Waals surface area contributed by atoms with Gasteiger partial charge in [-0.2, -0.15) is 5.10 Å². The minimum Gasteiger partial charge on any atom is -0.495 e. The number of pyridine rings is 1. The number of amides is 1.